The molecule has 3 N–H and O–H groups in total. The van der Waals surface area contributed by atoms with Crippen molar-refractivity contribution in [2.75, 3.05) is 37.5 Å². The first-order valence-electron chi connectivity index (χ1n) is 5.99. The maximum atomic E-state index is 9.42. The molecule has 1 aromatic rings. The highest BCUT2D eigenvalue weighted by Crippen LogP contribution is 2.39. The molecule has 1 aromatic carbocycles. The highest BCUT2D eigenvalue weighted by atomic mass is 16.6. The molecule has 5 nitrogen and oxygen atoms in total. The van der Waals surface area contributed by atoms with Gasteiger partial charge in [0.15, 0.2) is 11.5 Å². The molecule has 0 bridgehead atoms. The summed E-state index contributed by atoms with van der Waals surface area (Å²) in [6.45, 7) is 5.02. The van der Waals surface area contributed by atoms with Crippen LogP contribution in [0.1, 0.15) is 13.8 Å². The summed E-state index contributed by atoms with van der Waals surface area (Å²) < 4.78 is 11.0. The van der Waals surface area contributed by atoms with E-state index in [1.807, 2.05) is 31.9 Å². The van der Waals surface area contributed by atoms with E-state index in [1.54, 1.807) is 6.07 Å². The molecule has 100 valence electrons. The van der Waals surface area contributed by atoms with E-state index in [1.165, 1.54) is 0 Å². The van der Waals surface area contributed by atoms with Gasteiger partial charge in [0.25, 0.3) is 0 Å². The number of anilines is 2. The second-order valence-electron chi connectivity index (χ2n) is 5.08. The Hall–Kier alpha value is -1.62. The van der Waals surface area contributed by atoms with Gasteiger partial charge in [-0.2, -0.15) is 0 Å². The van der Waals surface area contributed by atoms with Gasteiger partial charge in [0.1, 0.15) is 13.2 Å². The smallest absolute Gasteiger partial charge is 0.163 e. The summed E-state index contributed by atoms with van der Waals surface area (Å²) in [6.07, 6.45) is 0. The first-order chi connectivity index (χ1) is 8.45. The van der Waals surface area contributed by atoms with Gasteiger partial charge in [-0.15, -0.1) is 0 Å². The lowest BCUT2D eigenvalue weighted by atomic mass is 10.0. The molecule has 5 heteroatoms. The third kappa shape index (κ3) is 2.18. The Labute approximate surface area is 107 Å². The molecule has 2 rings (SSSR count). The van der Waals surface area contributed by atoms with Crippen molar-refractivity contribution in [1.82, 2.24) is 0 Å². The van der Waals surface area contributed by atoms with E-state index in [9.17, 15) is 5.11 Å². The SMILES string of the molecule is CN(c1cc2c(cc1N)OCCO2)C(C)(C)CO. The second kappa shape index (κ2) is 4.57. The largest absolute Gasteiger partial charge is 0.486 e. The molecule has 1 aliphatic rings. The number of rotatable bonds is 3. The van der Waals surface area contributed by atoms with Gasteiger partial charge in [0.2, 0.25) is 0 Å². The van der Waals surface area contributed by atoms with E-state index in [-0.39, 0.29) is 6.61 Å². The molecule has 0 saturated carbocycles. The number of ether oxygens (including phenoxy) is 2. The molecule has 1 heterocycles. The van der Waals surface area contributed by atoms with Gasteiger partial charge in [0, 0.05) is 19.2 Å². The maximum Gasteiger partial charge on any atom is 0.163 e. The number of nitrogens with zero attached hydrogens (tertiary/aromatic N) is 1. The van der Waals surface area contributed by atoms with Gasteiger partial charge >= 0.3 is 0 Å². The fourth-order valence-corrected chi connectivity index (χ4v) is 1.82. The fraction of sp³-hybridized carbons (Fsp3) is 0.538. The molecule has 0 aliphatic carbocycles. The minimum atomic E-state index is -0.391. The third-order valence-electron chi connectivity index (χ3n) is 3.35. The Balaban J connectivity index is 2.39. The Morgan fingerprint density at radius 2 is 1.83 bits per heavy atom. The number of aliphatic hydroxyl groups excluding tert-OH is 1. The van der Waals surface area contributed by atoms with Crippen LogP contribution in [0.2, 0.25) is 0 Å². The lowest BCUT2D eigenvalue weighted by Gasteiger charge is -2.37. The molecule has 0 spiro atoms. The van der Waals surface area contributed by atoms with Crippen molar-refractivity contribution < 1.29 is 14.6 Å². The van der Waals surface area contributed by atoms with Crippen LogP contribution in [0.4, 0.5) is 11.4 Å². The predicted octanol–water partition coefficient (Wildman–Crippen LogP) is 1.25. The summed E-state index contributed by atoms with van der Waals surface area (Å²) in [5, 5.41) is 9.42. The molecule has 0 atom stereocenters. The van der Waals surface area contributed by atoms with E-state index in [0.29, 0.717) is 30.4 Å². The Morgan fingerprint density at radius 3 is 2.39 bits per heavy atom. The summed E-state index contributed by atoms with van der Waals surface area (Å²) in [4.78, 5) is 1.95. The van der Waals surface area contributed by atoms with Crippen LogP contribution in [-0.2, 0) is 0 Å². The zero-order valence-electron chi connectivity index (χ0n) is 11.1. The predicted molar refractivity (Wildman–Crippen MR) is 71.4 cm³/mol. The molecule has 0 fully saturated rings. The van der Waals surface area contributed by atoms with Crippen LogP contribution in [0.5, 0.6) is 11.5 Å². The minimum Gasteiger partial charge on any atom is -0.486 e. The van der Waals surface area contributed by atoms with E-state index in [2.05, 4.69) is 0 Å². The van der Waals surface area contributed by atoms with Gasteiger partial charge in [-0.1, -0.05) is 0 Å². The zero-order valence-corrected chi connectivity index (χ0v) is 11.1. The maximum absolute atomic E-state index is 9.42. The van der Waals surface area contributed by atoms with Crippen molar-refractivity contribution in [3.63, 3.8) is 0 Å². The van der Waals surface area contributed by atoms with Gasteiger partial charge < -0.3 is 25.2 Å². The van der Waals surface area contributed by atoms with Crippen molar-refractivity contribution in [2.24, 2.45) is 0 Å². The van der Waals surface area contributed by atoms with Crippen molar-refractivity contribution >= 4 is 11.4 Å². The molecule has 18 heavy (non-hydrogen) atoms. The lowest BCUT2D eigenvalue weighted by Crippen LogP contribution is -2.44. The topological polar surface area (TPSA) is 68.0 Å². The van der Waals surface area contributed by atoms with Gasteiger partial charge in [0.05, 0.1) is 23.5 Å². The van der Waals surface area contributed by atoms with E-state index >= 15 is 0 Å². The minimum absolute atomic E-state index is 0.0391. The van der Waals surface area contributed by atoms with E-state index in [4.69, 9.17) is 15.2 Å². The first-order valence-corrected chi connectivity index (χ1v) is 5.99. The van der Waals surface area contributed by atoms with Gasteiger partial charge in [-0.25, -0.2) is 0 Å². The molecule has 1 aliphatic heterocycles. The van der Waals surface area contributed by atoms with Crippen LogP contribution in [0.15, 0.2) is 12.1 Å². The number of likely N-dealkylation sites (N-methyl/N-ethyl adjacent to an activating group) is 1. The van der Waals surface area contributed by atoms with Crippen LogP contribution < -0.4 is 20.1 Å². The Morgan fingerprint density at radius 1 is 1.28 bits per heavy atom. The zero-order chi connectivity index (χ0) is 13.3. The number of benzene rings is 1. The van der Waals surface area contributed by atoms with Crippen LogP contribution in [0.3, 0.4) is 0 Å². The summed E-state index contributed by atoms with van der Waals surface area (Å²) in [5.41, 5.74) is 7.09. The van der Waals surface area contributed by atoms with Crippen molar-refractivity contribution in [3.05, 3.63) is 12.1 Å². The van der Waals surface area contributed by atoms with Gasteiger partial charge in [-0.3, -0.25) is 0 Å². The first kappa shape index (κ1) is 12.8. The summed E-state index contributed by atoms with van der Waals surface area (Å²) in [6, 6.07) is 3.63. The molecule has 0 amide bonds. The Kier molecular flexibility index (Phi) is 3.26. The number of aliphatic hydroxyl groups is 1. The molecule has 0 saturated heterocycles. The summed E-state index contributed by atoms with van der Waals surface area (Å²) in [7, 11) is 1.90. The number of hydrogen-bond acceptors (Lipinski definition) is 5. The average Bonchev–Trinajstić information content (AvgIpc) is 2.37. The van der Waals surface area contributed by atoms with Crippen LogP contribution in [-0.4, -0.2) is 37.5 Å². The van der Waals surface area contributed by atoms with Crippen molar-refractivity contribution in [2.45, 2.75) is 19.4 Å². The van der Waals surface area contributed by atoms with Crippen LogP contribution in [0.25, 0.3) is 0 Å². The number of hydrogen-bond donors (Lipinski definition) is 2. The number of nitrogens with two attached hydrogens (primary N) is 1. The monoisotopic (exact) mass is 252 g/mol. The van der Waals surface area contributed by atoms with E-state index < -0.39 is 5.54 Å². The quantitative estimate of drug-likeness (QED) is 0.792. The van der Waals surface area contributed by atoms with Crippen LogP contribution >= 0.6 is 0 Å². The molecule has 0 unspecified atom stereocenters. The highest BCUT2D eigenvalue weighted by Gasteiger charge is 2.26. The van der Waals surface area contributed by atoms with Crippen molar-refractivity contribution in [3.8, 4) is 11.5 Å². The second-order valence-corrected chi connectivity index (χ2v) is 5.08. The standard InChI is InChI=1S/C13H20N2O3/c1-13(2,8-16)15(3)10-7-12-11(6-9(10)14)17-4-5-18-12/h6-7,16H,4-5,8,14H2,1-3H3. The average molecular weight is 252 g/mol. The molecule has 0 aromatic heterocycles. The normalized spacial score (nSPS) is 14.4. The van der Waals surface area contributed by atoms with E-state index in [0.717, 1.165) is 5.69 Å². The molecular weight excluding hydrogens is 232 g/mol. The number of nitrogen functional groups attached to an aromatic ring is 1. The summed E-state index contributed by atoms with van der Waals surface area (Å²) in [5.74, 6) is 1.38. The third-order valence-corrected chi connectivity index (χ3v) is 3.35. The highest BCUT2D eigenvalue weighted by molar-refractivity contribution is 5.73. The summed E-state index contributed by atoms with van der Waals surface area (Å²) >= 11 is 0. The molecule has 0 radical (unpaired) electrons. The van der Waals surface area contributed by atoms with Gasteiger partial charge in [-0.05, 0) is 13.8 Å². The lowest BCUT2D eigenvalue weighted by molar-refractivity contribution is 0.171. The molecular formula is C13H20N2O3. The number of fused-ring (bicyclic) bond motifs is 1. The Bertz CT molecular complexity index is 446. The van der Waals surface area contributed by atoms with Crippen molar-refractivity contribution in [1.29, 1.82) is 0 Å². The fourth-order valence-electron chi connectivity index (χ4n) is 1.82. The van der Waals surface area contributed by atoms with Crippen LogP contribution in [0, 0.1) is 0 Å².